The maximum atomic E-state index is 6.17. The van der Waals surface area contributed by atoms with Gasteiger partial charge in [-0.05, 0) is 26.2 Å². The molecule has 2 nitrogen and oxygen atoms in total. The van der Waals surface area contributed by atoms with Crippen molar-refractivity contribution < 1.29 is 0 Å². The molecule has 0 aromatic carbocycles. The van der Waals surface area contributed by atoms with Crippen molar-refractivity contribution in [3.63, 3.8) is 0 Å². The highest BCUT2D eigenvalue weighted by atomic mass is 35.5. The first-order valence-corrected chi connectivity index (χ1v) is 5.79. The van der Waals surface area contributed by atoms with Crippen molar-refractivity contribution in [1.29, 1.82) is 0 Å². The molecule has 0 bridgehead atoms. The smallest absolute Gasteiger partial charge is 0.0847 e. The summed E-state index contributed by atoms with van der Waals surface area (Å²) in [5.41, 5.74) is 2.02. The number of hydrogen-bond acceptors (Lipinski definition) is 1. The lowest BCUT2D eigenvalue weighted by molar-refractivity contribution is 0.564. The lowest BCUT2D eigenvalue weighted by atomic mass is 10.1. The third-order valence-electron chi connectivity index (χ3n) is 2.26. The summed E-state index contributed by atoms with van der Waals surface area (Å²) in [6, 6.07) is 0. The van der Waals surface area contributed by atoms with Crippen LogP contribution in [0.5, 0.6) is 0 Å². The number of nitrogens with zero attached hydrogens (tertiary/aromatic N) is 2. The van der Waals surface area contributed by atoms with Gasteiger partial charge in [0.05, 0.1) is 16.4 Å². The van der Waals surface area contributed by atoms with Crippen LogP contribution in [0.1, 0.15) is 25.2 Å². The van der Waals surface area contributed by atoms with Crippen molar-refractivity contribution in [3.05, 3.63) is 16.4 Å². The summed E-state index contributed by atoms with van der Waals surface area (Å²) < 4.78 is 1.96. The lowest BCUT2D eigenvalue weighted by Gasteiger charge is -2.09. The lowest BCUT2D eigenvalue weighted by Crippen LogP contribution is -2.08. The molecule has 0 saturated heterocycles. The van der Waals surface area contributed by atoms with Crippen molar-refractivity contribution in [3.8, 4) is 0 Å². The van der Waals surface area contributed by atoms with Gasteiger partial charge in [-0.1, -0.05) is 18.5 Å². The van der Waals surface area contributed by atoms with Gasteiger partial charge >= 0.3 is 0 Å². The predicted molar refractivity (Wildman–Crippen MR) is 61.2 cm³/mol. The van der Waals surface area contributed by atoms with E-state index < -0.39 is 0 Å². The van der Waals surface area contributed by atoms with E-state index in [-0.39, 0.29) is 0 Å². The predicted octanol–water partition coefficient (Wildman–Crippen LogP) is 3.28. The van der Waals surface area contributed by atoms with E-state index in [4.69, 9.17) is 23.2 Å². The van der Waals surface area contributed by atoms with Crippen LogP contribution in [0.15, 0.2) is 0 Å². The van der Waals surface area contributed by atoms with E-state index in [9.17, 15) is 0 Å². The van der Waals surface area contributed by atoms with E-state index >= 15 is 0 Å². The second-order valence-corrected chi connectivity index (χ2v) is 4.31. The monoisotopic (exact) mass is 234 g/mol. The molecule has 0 aliphatic rings. The maximum Gasteiger partial charge on any atom is 0.0847 e. The van der Waals surface area contributed by atoms with E-state index in [1.165, 1.54) is 0 Å². The molecular weight excluding hydrogens is 219 g/mol. The third kappa shape index (κ3) is 2.43. The molecule has 1 aromatic rings. The zero-order valence-electron chi connectivity index (χ0n) is 8.85. The highest BCUT2D eigenvalue weighted by molar-refractivity contribution is 6.31. The minimum absolute atomic E-state index is 0.440. The van der Waals surface area contributed by atoms with Gasteiger partial charge in [0.25, 0.3) is 0 Å². The highest BCUT2D eigenvalue weighted by Gasteiger charge is 2.14. The fourth-order valence-electron chi connectivity index (χ4n) is 1.45. The van der Waals surface area contributed by atoms with Crippen LogP contribution >= 0.6 is 23.2 Å². The van der Waals surface area contributed by atoms with Crippen LogP contribution in [0.25, 0.3) is 0 Å². The van der Waals surface area contributed by atoms with E-state index in [0.717, 1.165) is 29.4 Å². The van der Waals surface area contributed by atoms with Crippen LogP contribution in [-0.2, 0) is 13.0 Å². The largest absolute Gasteiger partial charge is 0.268 e. The van der Waals surface area contributed by atoms with E-state index in [1.54, 1.807) is 0 Å². The van der Waals surface area contributed by atoms with Crippen molar-refractivity contribution in [1.82, 2.24) is 9.78 Å². The molecule has 0 amide bonds. The molecule has 1 aromatic heterocycles. The van der Waals surface area contributed by atoms with Gasteiger partial charge in [-0.3, -0.25) is 4.68 Å². The molecule has 0 aliphatic carbocycles. The first-order chi connectivity index (χ1) is 6.60. The van der Waals surface area contributed by atoms with Crippen molar-refractivity contribution in [2.24, 2.45) is 5.92 Å². The van der Waals surface area contributed by atoms with Crippen LogP contribution in [-0.4, -0.2) is 15.7 Å². The molecule has 4 heteroatoms. The SMILES string of the molecule is CCn1nc(C)c(Cl)c1CC(C)CCl. The van der Waals surface area contributed by atoms with Crippen LogP contribution in [0, 0.1) is 12.8 Å². The molecule has 0 spiro atoms. The Labute approximate surface area is 95.2 Å². The van der Waals surface area contributed by atoms with E-state index in [0.29, 0.717) is 11.8 Å². The Morgan fingerprint density at radius 1 is 1.50 bits per heavy atom. The standard InChI is InChI=1S/C10H16Cl2N2/c1-4-14-9(5-7(2)6-11)10(12)8(3)13-14/h7H,4-6H2,1-3H3. The number of aromatic nitrogens is 2. The fourth-order valence-corrected chi connectivity index (χ4v) is 1.77. The third-order valence-corrected chi connectivity index (χ3v) is 3.28. The fraction of sp³-hybridized carbons (Fsp3) is 0.700. The highest BCUT2D eigenvalue weighted by Crippen LogP contribution is 2.23. The topological polar surface area (TPSA) is 17.8 Å². The molecule has 1 heterocycles. The maximum absolute atomic E-state index is 6.17. The Balaban J connectivity index is 2.93. The molecule has 0 fully saturated rings. The average Bonchev–Trinajstić information content (AvgIpc) is 2.45. The minimum atomic E-state index is 0.440. The molecular formula is C10H16Cl2N2. The average molecular weight is 235 g/mol. The number of alkyl halides is 1. The number of rotatable bonds is 4. The van der Waals surface area contributed by atoms with Crippen LogP contribution < -0.4 is 0 Å². The molecule has 0 radical (unpaired) electrons. The Morgan fingerprint density at radius 3 is 2.64 bits per heavy atom. The van der Waals surface area contributed by atoms with E-state index in [2.05, 4.69) is 18.9 Å². The second-order valence-electron chi connectivity index (χ2n) is 3.63. The normalized spacial score (nSPS) is 13.2. The molecule has 0 N–H and O–H groups in total. The van der Waals surface area contributed by atoms with Crippen LogP contribution in [0.4, 0.5) is 0 Å². The molecule has 1 rings (SSSR count). The summed E-state index contributed by atoms with van der Waals surface area (Å²) in [6.07, 6.45) is 0.900. The van der Waals surface area contributed by atoms with Crippen LogP contribution in [0.3, 0.4) is 0 Å². The molecule has 1 unspecified atom stereocenters. The summed E-state index contributed by atoms with van der Waals surface area (Å²) in [4.78, 5) is 0. The number of halogens is 2. The molecule has 80 valence electrons. The first-order valence-electron chi connectivity index (χ1n) is 4.87. The first kappa shape index (κ1) is 11.9. The molecule has 0 saturated carbocycles. The van der Waals surface area contributed by atoms with Crippen molar-refractivity contribution in [2.45, 2.75) is 33.7 Å². The zero-order valence-corrected chi connectivity index (χ0v) is 10.4. The summed E-state index contributed by atoms with van der Waals surface area (Å²) in [5.74, 6) is 1.10. The van der Waals surface area contributed by atoms with Gasteiger partial charge in [-0.15, -0.1) is 11.6 Å². The van der Waals surface area contributed by atoms with Crippen molar-refractivity contribution >= 4 is 23.2 Å². The summed E-state index contributed by atoms with van der Waals surface area (Å²) in [5, 5.41) is 5.15. The minimum Gasteiger partial charge on any atom is -0.268 e. The number of aryl methyl sites for hydroxylation is 2. The zero-order chi connectivity index (χ0) is 10.7. The Bertz CT molecular complexity index is 307. The van der Waals surface area contributed by atoms with Gasteiger partial charge in [0, 0.05) is 12.4 Å². The Hall–Kier alpha value is -0.210. The van der Waals surface area contributed by atoms with Crippen molar-refractivity contribution in [2.75, 3.05) is 5.88 Å². The molecule has 0 aliphatic heterocycles. The summed E-state index contributed by atoms with van der Waals surface area (Å²) in [6.45, 7) is 6.98. The Morgan fingerprint density at radius 2 is 2.14 bits per heavy atom. The number of hydrogen-bond donors (Lipinski definition) is 0. The van der Waals surface area contributed by atoms with Gasteiger partial charge < -0.3 is 0 Å². The van der Waals surface area contributed by atoms with Gasteiger partial charge in [0.15, 0.2) is 0 Å². The summed E-state index contributed by atoms with van der Waals surface area (Å²) >= 11 is 12.0. The molecule has 1 atom stereocenters. The second kappa shape index (κ2) is 5.04. The van der Waals surface area contributed by atoms with Gasteiger partial charge in [-0.2, -0.15) is 5.10 Å². The Kier molecular flexibility index (Phi) is 4.27. The van der Waals surface area contributed by atoms with Gasteiger partial charge in [0.2, 0.25) is 0 Å². The molecule has 14 heavy (non-hydrogen) atoms. The summed E-state index contributed by atoms with van der Waals surface area (Å²) in [7, 11) is 0. The van der Waals surface area contributed by atoms with E-state index in [1.807, 2.05) is 11.6 Å². The van der Waals surface area contributed by atoms with Gasteiger partial charge in [0.1, 0.15) is 0 Å². The quantitative estimate of drug-likeness (QED) is 0.732. The van der Waals surface area contributed by atoms with Crippen LogP contribution in [0.2, 0.25) is 5.02 Å². The van der Waals surface area contributed by atoms with Gasteiger partial charge in [-0.25, -0.2) is 0 Å².